The molecule has 10 aromatic carbocycles. The fraction of sp³-hybridized carbons (Fsp3) is 0.316. The summed E-state index contributed by atoms with van der Waals surface area (Å²) in [6.45, 7) is 24.4. The third-order valence-corrected chi connectivity index (χ3v) is 20.8. The van der Waals surface area contributed by atoms with Gasteiger partial charge in [0, 0.05) is 33.6 Å². The minimum atomic E-state index is -0.0673. The monoisotopic (exact) mass is 1020 g/mol. The second-order valence-corrected chi connectivity index (χ2v) is 27.1. The van der Waals surface area contributed by atoms with Gasteiger partial charge in [-0.25, -0.2) is 0 Å². The molecule has 4 atom stereocenters. The minimum Gasteiger partial charge on any atom is -0.334 e. The Kier molecular flexibility index (Phi) is 10.8. The van der Waals surface area contributed by atoms with Crippen LogP contribution in [0.3, 0.4) is 0 Å². The molecule has 2 aliphatic carbocycles. The Morgan fingerprint density at radius 2 is 0.795 bits per heavy atom. The molecule has 2 heteroatoms. The molecule has 10 aromatic rings. The van der Waals surface area contributed by atoms with Crippen molar-refractivity contribution in [2.75, 3.05) is 9.80 Å². The van der Waals surface area contributed by atoms with Crippen LogP contribution in [0.25, 0.3) is 76.5 Å². The highest BCUT2D eigenvalue weighted by atomic mass is 15.3. The van der Waals surface area contributed by atoms with Crippen LogP contribution >= 0.6 is 0 Å². The van der Waals surface area contributed by atoms with E-state index < -0.39 is 0 Å². The number of nitrogens with zero attached hydrogens (tertiary/aromatic N) is 2. The summed E-state index contributed by atoms with van der Waals surface area (Å²) in [6, 6.07) is 71.4. The van der Waals surface area contributed by atoms with E-state index in [0.29, 0.717) is 0 Å². The van der Waals surface area contributed by atoms with Crippen molar-refractivity contribution in [3.8, 4) is 33.4 Å². The highest BCUT2D eigenvalue weighted by molar-refractivity contribution is 6.27. The Morgan fingerprint density at radius 3 is 1.29 bits per heavy atom. The topological polar surface area (TPSA) is 6.48 Å². The summed E-state index contributed by atoms with van der Waals surface area (Å²) < 4.78 is 0. The normalized spacial score (nSPS) is 23.0. The molecule has 4 unspecified atom stereocenters. The smallest absolute Gasteiger partial charge is 0.0517 e. The molecule has 2 heterocycles. The van der Waals surface area contributed by atoms with Gasteiger partial charge in [-0.05, 0) is 216 Å². The average Bonchev–Trinajstić information content (AvgIpc) is 3.51. The van der Waals surface area contributed by atoms with Gasteiger partial charge in [-0.15, -0.1) is 0 Å². The molecule has 78 heavy (non-hydrogen) atoms. The first-order valence-corrected chi connectivity index (χ1v) is 29.4. The second-order valence-electron chi connectivity index (χ2n) is 27.1. The van der Waals surface area contributed by atoms with Gasteiger partial charge in [-0.2, -0.15) is 0 Å². The second kappa shape index (κ2) is 17.2. The third-order valence-electron chi connectivity index (χ3n) is 20.8. The van der Waals surface area contributed by atoms with Crippen molar-refractivity contribution in [2.45, 2.75) is 153 Å². The highest BCUT2D eigenvalue weighted by Gasteiger charge is 2.59. The van der Waals surface area contributed by atoms with E-state index in [-0.39, 0.29) is 32.7 Å². The van der Waals surface area contributed by atoms with Crippen LogP contribution in [0.2, 0.25) is 0 Å². The number of benzene rings is 10. The van der Waals surface area contributed by atoms with Gasteiger partial charge in [0.1, 0.15) is 0 Å². The summed E-state index contributed by atoms with van der Waals surface area (Å²) in [5, 5.41) is 10.4. The summed E-state index contributed by atoms with van der Waals surface area (Å²) in [6.07, 6.45) is 9.65. The predicted molar refractivity (Wildman–Crippen MR) is 336 cm³/mol. The molecule has 0 amide bonds. The van der Waals surface area contributed by atoms with Crippen molar-refractivity contribution < 1.29 is 0 Å². The first-order valence-electron chi connectivity index (χ1n) is 29.4. The summed E-state index contributed by atoms with van der Waals surface area (Å²) >= 11 is 0. The van der Waals surface area contributed by atoms with Crippen molar-refractivity contribution in [2.24, 2.45) is 0 Å². The summed E-state index contributed by atoms with van der Waals surface area (Å²) in [5.74, 6) is 0. The number of fused-ring (bicyclic) bond motifs is 11. The van der Waals surface area contributed by atoms with Gasteiger partial charge < -0.3 is 9.80 Å². The minimum absolute atomic E-state index is 0.0382. The predicted octanol–water partition coefficient (Wildman–Crippen LogP) is 21.4. The van der Waals surface area contributed by atoms with E-state index in [2.05, 4.69) is 261 Å². The van der Waals surface area contributed by atoms with Gasteiger partial charge in [-0.1, -0.05) is 196 Å². The van der Waals surface area contributed by atoms with Gasteiger partial charge in [0.25, 0.3) is 0 Å². The summed E-state index contributed by atoms with van der Waals surface area (Å²) in [4.78, 5) is 5.53. The van der Waals surface area contributed by atoms with Crippen molar-refractivity contribution in [3.63, 3.8) is 0 Å². The molecule has 0 N–H and O–H groups in total. The molecule has 0 aromatic heterocycles. The van der Waals surface area contributed by atoms with Crippen LogP contribution in [0.15, 0.2) is 182 Å². The number of hydrogen-bond donors (Lipinski definition) is 0. The van der Waals surface area contributed by atoms with Crippen LogP contribution in [0, 0.1) is 0 Å². The molecule has 14 rings (SSSR count). The lowest BCUT2D eigenvalue weighted by Crippen LogP contribution is -2.54. The SMILES string of the molecule is CC(C)(C)c1cccc(N2c3ccc(-c4c5ccccc5c(-c5ccc6c(c5)C5(C)CCCCC5(C)N6c5cccc(C(C)(C)C)c5)c5cc6c(cc45)c(-c4ccccc4)cc4ccccc46)cc3C3(C)CCCCC23C)c1. The Hall–Kier alpha value is -7.16. The average molecular weight is 1020 g/mol. The van der Waals surface area contributed by atoms with E-state index in [1.165, 1.54) is 160 Å². The molecule has 2 nitrogen and oxygen atoms in total. The molecule has 2 saturated carbocycles. The maximum Gasteiger partial charge on any atom is 0.0517 e. The van der Waals surface area contributed by atoms with Crippen LogP contribution in [0.1, 0.15) is 143 Å². The highest BCUT2D eigenvalue weighted by Crippen LogP contribution is 2.64. The molecule has 2 aliphatic heterocycles. The fourth-order valence-corrected chi connectivity index (χ4v) is 16.1. The molecule has 0 saturated heterocycles. The van der Waals surface area contributed by atoms with E-state index in [1.807, 2.05) is 0 Å². The van der Waals surface area contributed by atoms with Gasteiger partial charge in [0.2, 0.25) is 0 Å². The quantitative estimate of drug-likeness (QED) is 0.125. The van der Waals surface area contributed by atoms with E-state index in [1.54, 1.807) is 0 Å². The zero-order chi connectivity index (χ0) is 53.7. The van der Waals surface area contributed by atoms with E-state index >= 15 is 0 Å². The fourth-order valence-electron chi connectivity index (χ4n) is 16.1. The molecule has 4 aliphatic rings. The molecular weight excluding hydrogens is 941 g/mol. The lowest BCUT2D eigenvalue weighted by atomic mass is 9.61. The Morgan fingerprint density at radius 1 is 0.346 bits per heavy atom. The molecular formula is C76H76N2. The summed E-state index contributed by atoms with van der Waals surface area (Å²) in [5.41, 5.74) is 18.8. The van der Waals surface area contributed by atoms with Gasteiger partial charge in [0.05, 0.1) is 11.1 Å². The largest absolute Gasteiger partial charge is 0.334 e. The van der Waals surface area contributed by atoms with Gasteiger partial charge in [-0.3, -0.25) is 0 Å². The summed E-state index contributed by atoms with van der Waals surface area (Å²) in [7, 11) is 0. The Bertz CT molecular complexity index is 4090. The Labute approximate surface area is 464 Å². The van der Waals surface area contributed by atoms with E-state index in [0.717, 1.165) is 12.8 Å². The first kappa shape index (κ1) is 49.2. The standard InChI is InChI=1S/C76H76N2/c1-71(2,3)53-27-22-29-55(45-53)77-67-36-34-51(43-65(67)73(7)38-18-20-40-75(73,77)9)69-58-32-16-17-33-59(58)70(64-48-62-60(49-24-12-11-13-25-49)42-50-26-14-15-31-57(50)61(62)47-63(64)69)52-35-37-68-66(44-52)74(8)39-19-21-41-76(74,10)78(68)56-30-23-28-54(46-56)72(4,5)6/h11-17,22-37,42-48H,18-21,38-41H2,1-10H3. The van der Waals surface area contributed by atoms with Gasteiger partial charge in [0.15, 0.2) is 0 Å². The van der Waals surface area contributed by atoms with Crippen LogP contribution in [0.4, 0.5) is 22.7 Å². The first-order chi connectivity index (χ1) is 37.4. The maximum absolute atomic E-state index is 2.76. The number of hydrogen-bond acceptors (Lipinski definition) is 2. The molecule has 0 bridgehead atoms. The zero-order valence-electron chi connectivity index (χ0n) is 47.9. The molecule has 0 radical (unpaired) electrons. The van der Waals surface area contributed by atoms with Crippen molar-refractivity contribution >= 4 is 65.8 Å². The van der Waals surface area contributed by atoms with Crippen LogP contribution in [-0.2, 0) is 21.7 Å². The van der Waals surface area contributed by atoms with Crippen molar-refractivity contribution in [1.82, 2.24) is 0 Å². The van der Waals surface area contributed by atoms with Crippen LogP contribution in [0.5, 0.6) is 0 Å². The van der Waals surface area contributed by atoms with Gasteiger partial charge >= 0.3 is 0 Å². The number of rotatable bonds is 5. The van der Waals surface area contributed by atoms with Crippen LogP contribution in [-0.4, -0.2) is 11.1 Å². The van der Waals surface area contributed by atoms with Crippen LogP contribution < -0.4 is 9.80 Å². The van der Waals surface area contributed by atoms with E-state index in [4.69, 9.17) is 0 Å². The van der Waals surface area contributed by atoms with E-state index in [9.17, 15) is 0 Å². The molecule has 0 spiro atoms. The lowest BCUT2D eigenvalue weighted by Gasteiger charge is -2.50. The molecule has 390 valence electrons. The zero-order valence-corrected chi connectivity index (χ0v) is 47.9. The Balaban J connectivity index is 1.06. The third kappa shape index (κ3) is 6.99. The molecule has 2 fully saturated rings. The van der Waals surface area contributed by atoms with Crippen molar-refractivity contribution in [3.05, 3.63) is 204 Å². The maximum atomic E-state index is 2.76. The lowest BCUT2D eigenvalue weighted by molar-refractivity contribution is 0.195. The van der Waals surface area contributed by atoms with Crippen molar-refractivity contribution in [1.29, 1.82) is 0 Å². The number of anilines is 4.